The maximum atomic E-state index is 11.3. The zero-order valence-corrected chi connectivity index (χ0v) is 10.2. The molecule has 0 aliphatic heterocycles. The van der Waals surface area contributed by atoms with Gasteiger partial charge >= 0.3 is 5.97 Å². The highest BCUT2D eigenvalue weighted by atomic mass is 16.5. The summed E-state index contributed by atoms with van der Waals surface area (Å²) < 4.78 is 4.65. The summed E-state index contributed by atoms with van der Waals surface area (Å²) in [5, 5.41) is 3.31. The van der Waals surface area contributed by atoms with Crippen molar-refractivity contribution in [2.45, 2.75) is 6.54 Å². The molecule has 0 fully saturated rings. The first-order chi connectivity index (χ1) is 8.79. The van der Waals surface area contributed by atoms with Crippen LogP contribution in [0.25, 0.3) is 0 Å². The zero-order chi connectivity index (χ0) is 12.8. The average molecular weight is 241 g/mol. The van der Waals surface area contributed by atoms with Gasteiger partial charge in [0, 0.05) is 12.2 Å². The summed E-state index contributed by atoms with van der Waals surface area (Å²) >= 11 is 0. The van der Waals surface area contributed by atoms with Gasteiger partial charge in [-0.2, -0.15) is 0 Å². The topological polar surface area (TPSA) is 38.3 Å². The molecule has 18 heavy (non-hydrogen) atoms. The molecule has 0 heterocycles. The van der Waals surface area contributed by atoms with Crippen LogP contribution in [-0.4, -0.2) is 13.1 Å². The van der Waals surface area contributed by atoms with Gasteiger partial charge in [-0.1, -0.05) is 30.3 Å². The summed E-state index contributed by atoms with van der Waals surface area (Å²) in [6.07, 6.45) is 0. The predicted octanol–water partition coefficient (Wildman–Crippen LogP) is 3.09. The van der Waals surface area contributed by atoms with E-state index in [2.05, 4.69) is 10.1 Å². The number of carbonyl (C=O) groups is 1. The highest BCUT2D eigenvalue weighted by molar-refractivity contribution is 5.89. The van der Waals surface area contributed by atoms with Crippen molar-refractivity contribution in [3.8, 4) is 0 Å². The quantitative estimate of drug-likeness (QED) is 0.836. The largest absolute Gasteiger partial charge is 0.465 e. The van der Waals surface area contributed by atoms with Gasteiger partial charge in [-0.25, -0.2) is 4.79 Å². The van der Waals surface area contributed by atoms with Crippen LogP contribution >= 0.6 is 0 Å². The number of carbonyl (C=O) groups excluding carboxylic acids is 1. The number of ether oxygens (including phenoxy) is 1. The van der Waals surface area contributed by atoms with Gasteiger partial charge in [0.15, 0.2) is 0 Å². The van der Waals surface area contributed by atoms with E-state index in [9.17, 15) is 4.79 Å². The lowest BCUT2D eigenvalue weighted by Gasteiger charge is -2.06. The first kappa shape index (κ1) is 12.2. The van der Waals surface area contributed by atoms with Gasteiger partial charge in [0.05, 0.1) is 12.7 Å². The minimum atomic E-state index is -0.308. The second-order valence-electron chi connectivity index (χ2n) is 3.91. The van der Waals surface area contributed by atoms with E-state index in [0.29, 0.717) is 5.56 Å². The van der Waals surface area contributed by atoms with E-state index in [0.717, 1.165) is 17.8 Å². The van der Waals surface area contributed by atoms with Crippen molar-refractivity contribution in [2.24, 2.45) is 0 Å². The molecular weight excluding hydrogens is 226 g/mol. The third-order valence-electron chi connectivity index (χ3n) is 2.65. The van der Waals surface area contributed by atoms with Gasteiger partial charge in [0.25, 0.3) is 0 Å². The number of para-hydroxylation sites is 1. The predicted molar refractivity (Wildman–Crippen MR) is 71.6 cm³/mol. The smallest absolute Gasteiger partial charge is 0.337 e. The van der Waals surface area contributed by atoms with Gasteiger partial charge in [-0.3, -0.25) is 0 Å². The van der Waals surface area contributed by atoms with Crippen molar-refractivity contribution in [2.75, 3.05) is 12.4 Å². The van der Waals surface area contributed by atoms with Crippen molar-refractivity contribution in [3.63, 3.8) is 0 Å². The van der Waals surface area contributed by atoms with E-state index >= 15 is 0 Å². The molecule has 0 aliphatic rings. The summed E-state index contributed by atoms with van der Waals surface area (Å²) in [5.41, 5.74) is 2.77. The molecule has 0 saturated heterocycles. The number of methoxy groups -OCH3 is 1. The lowest BCUT2D eigenvalue weighted by atomic mass is 10.1. The minimum absolute atomic E-state index is 0.308. The molecule has 0 aliphatic carbocycles. The Morgan fingerprint density at radius 1 is 1.06 bits per heavy atom. The van der Waals surface area contributed by atoms with Crippen LogP contribution in [0, 0.1) is 0 Å². The highest BCUT2D eigenvalue weighted by Crippen LogP contribution is 2.10. The molecule has 0 bridgehead atoms. The van der Waals surface area contributed by atoms with E-state index in [1.807, 2.05) is 42.5 Å². The molecule has 0 radical (unpaired) electrons. The van der Waals surface area contributed by atoms with Crippen LogP contribution < -0.4 is 5.32 Å². The van der Waals surface area contributed by atoms with Crippen molar-refractivity contribution in [1.29, 1.82) is 0 Å². The standard InChI is InChI=1S/C15H15NO2/c1-18-15(17)13-9-7-12(8-10-13)11-16-14-5-3-2-4-6-14/h2-10,16H,11H2,1H3. The summed E-state index contributed by atoms with van der Waals surface area (Å²) in [6, 6.07) is 17.4. The number of anilines is 1. The van der Waals surface area contributed by atoms with Gasteiger partial charge in [-0.15, -0.1) is 0 Å². The van der Waals surface area contributed by atoms with Crippen LogP contribution in [0.5, 0.6) is 0 Å². The molecule has 0 saturated carbocycles. The Morgan fingerprint density at radius 3 is 2.33 bits per heavy atom. The van der Waals surface area contributed by atoms with Crippen LogP contribution in [0.4, 0.5) is 5.69 Å². The Labute approximate surface area is 106 Å². The Kier molecular flexibility index (Phi) is 3.97. The van der Waals surface area contributed by atoms with Crippen LogP contribution in [-0.2, 0) is 11.3 Å². The van der Waals surface area contributed by atoms with Crippen molar-refractivity contribution in [1.82, 2.24) is 0 Å². The van der Waals surface area contributed by atoms with Crippen LogP contribution in [0.1, 0.15) is 15.9 Å². The molecule has 1 N–H and O–H groups in total. The Hall–Kier alpha value is -2.29. The molecule has 2 aromatic rings. The molecule has 0 spiro atoms. The SMILES string of the molecule is COC(=O)c1ccc(CNc2ccccc2)cc1. The number of esters is 1. The van der Waals surface area contributed by atoms with Crippen LogP contribution in [0.15, 0.2) is 54.6 Å². The number of hydrogen-bond donors (Lipinski definition) is 1. The first-order valence-corrected chi connectivity index (χ1v) is 5.76. The monoisotopic (exact) mass is 241 g/mol. The summed E-state index contributed by atoms with van der Waals surface area (Å²) in [4.78, 5) is 11.3. The molecule has 92 valence electrons. The molecule has 0 unspecified atom stereocenters. The minimum Gasteiger partial charge on any atom is -0.465 e. The van der Waals surface area contributed by atoms with Gasteiger partial charge in [-0.05, 0) is 29.8 Å². The fourth-order valence-electron chi connectivity index (χ4n) is 1.64. The Morgan fingerprint density at radius 2 is 1.72 bits per heavy atom. The van der Waals surface area contributed by atoms with Gasteiger partial charge in [0.2, 0.25) is 0 Å². The lowest BCUT2D eigenvalue weighted by Crippen LogP contribution is -2.02. The average Bonchev–Trinajstić information content (AvgIpc) is 2.46. The molecule has 0 amide bonds. The molecule has 2 rings (SSSR count). The Bertz CT molecular complexity index is 506. The van der Waals surface area contributed by atoms with Crippen molar-refractivity contribution in [3.05, 3.63) is 65.7 Å². The van der Waals surface area contributed by atoms with Crippen LogP contribution in [0.3, 0.4) is 0 Å². The number of hydrogen-bond acceptors (Lipinski definition) is 3. The molecule has 0 atom stereocenters. The second kappa shape index (κ2) is 5.87. The fraction of sp³-hybridized carbons (Fsp3) is 0.133. The normalized spacial score (nSPS) is 9.83. The molecule has 3 nitrogen and oxygen atoms in total. The number of nitrogens with one attached hydrogen (secondary N) is 1. The maximum Gasteiger partial charge on any atom is 0.337 e. The summed E-state index contributed by atoms with van der Waals surface area (Å²) in [6.45, 7) is 0.728. The van der Waals surface area contributed by atoms with E-state index < -0.39 is 0 Å². The molecule has 3 heteroatoms. The fourth-order valence-corrected chi connectivity index (χ4v) is 1.64. The van der Waals surface area contributed by atoms with Crippen molar-refractivity contribution >= 4 is 11.7 Å². The van der Waals surface area contributed by atoms with Crippen molar-refractivity contribution < 1.29 is 9.53 Å². The van der Waals surface area contributed by atoms with E-state index in [-0.39, 0.29) is 5.97 Å². The third-order valence-corrected chi connectivity index (χ3v) is 2.65. The molecular formula is C15H15NO2. The third kappa shape index (κ3) is 3.10. The van der Waals surface area contributed by atoms with Gasteiger partial charge < -0.3 is 10.1 Å². The van der Waals surface area contributed by atoms with E-state index in [1.165, 1.54) is 7.11 Å². The summed E-state index contributed by atoms with van der Waals surface area (Å²) in [7, 11) is 1.38. The molecule has 2 aromatic carbocycles. The Balaban J connectivity index is 1.97. The van der Waals surface area contributed by atoms with E-state index in [4.69, 9.17) is 0 Å². The van der Waals surface area contributed by atoms with Gasteiger partial charge in [0.1, 0.15) is 0 Å². The number of benzene rings is 2. The second-order valence-corrected chi connectivity index (χ2v) is 3.91. The zero-order valence-electron chi connectivity index (χ0n) is 10.2. The van der Waals surface area contributed by atoms with Crippen LogP contribution in [0.2, 0.25) is 0 Å². The first-order valence-electron chi connectivity index (χ1n) is 5.76. The lowest BCUT2D eigenvalue weighted by molar-refractivity contribution is 0.0600. The van der Waals surface area contributed by atoms with E-state index in [1.54, 1.807) is 12.1 Å². The molecule has 0 aromatic heterocycles. The number of rotatable bonds is 4. The maximum absolute atomic E-state index is 11.3. The highest BCUT2D eigenvalue weighted by Gasteiger charge is 2.03. The summed E-state index contributed by atoms with van der Waals surface area (Å²) in [5.74, 6) is -0.308.